The van der Waals surface area contributed by atoms with Crippen molar-refractivity contribution < 1.29 is 9.22 Å². The van der Waals surface area contributed by atoms with E-state index in [4.69, 9.17) is 4.43 Å². The zero-order valence-corrected chi connectivity index (χ0v) is 22.2. The van der Waals surface area contributed by atoms with E-state index in [0.29, 0.717) is 17.4 Å². The van der Waals surface area contributed by atoms with E-state index in [-0.39, 0.29) is 16.2 Å². The van der Waals surface area contributed by atoms with Crippen molar-refractivity contribution in [3.8, 4) is 0 Å². The summed E-state index contributed by atoms with van der Waals surface area (Å²) in [4.78, 5) is 13.5. The summed E-state index contributed by atoms with van der Waals surface area (Å²) >= 11 is 1.63. The third-order valence-electron chi connectivity index (χ3n) is 10.0. The van der Waals surface area contributed by atoms with E-state index in [1.54, 1.807) is 11.8 Å². The molecule has 168 valence electrons. The zero-order valence-electron chi connectivity index (χ0n) is 20.4. The smallest absolute Gasteiger partial charge is 0.192 e. The largest absolute Gasteiger partial charge is 0.413 e. The number of rotatable bonds is 3. The lowest BCUT2D eigenvalue weighted by atomic mass is 9.48. The van der Waals surface area contributed by atoms with Crippen LogP contribution in [-0.4, -0.2) is 26.5 Å². The molecule has 4 aliphatic carbocycles. The molecule has 0 amide bonds. The highest BCUT2D eigenvalue weighted by atomic mass is 32.2. The van der Waals surface area contributed by atoms with E-state index >= 15 is 0 Å². The Morgan fingerprint density at radius 1 is 1.10 bits per heavy atom. The summed E-state index contributed by atoms with van der Waals surface area (Å²) in [5.41, 5.74) is 1.81. The lowest BCUT2D eigenvalue weighted by Crippen LogP contribution is -2.53. The van der Waals surface area contributed by atoms with Crippen LogP contribution >= 0.6 is 11.8 Å². The highest BCUT2D eigenvalue weighted by Gasteiger charge is 2.60. The molecule has 0 unspecified atom stereocenters. The number of ketones is 1. The molecule has 3 fully saturated rings. The van der Waals surface area contributed by atoms with Crippen molar-refractivity contribution in [3.63, 3.8) is 0 Å². The van der Waals surface area contributed by atoms with Gasteiger partial charge in [-0.1, -0.05) is 46.3 Å². The van der Waals surface area contributed by atoms with Crippen LogP contribution in [0, 0.1) is 28.6 Å². The van der Waals surface area contributed by atoms with Crippen molar-refractivity contribution in [2.45, 2.75) is 97.4 Å². The highest BCUT2D eigenvalue weighted by molar-refractivity contribution is 8.03. The average molecular weight is 447 g/mol. The fourth-order valence-electron chi connectivity index (χ4n) is 7.10. The minimum absolute atomic E-state index is 0.0782. The molecule has 0 aromatic carbocycles. The molecule has 0 radical (unpaired) electrons. The van der Waals surface area contributed by atoms with Crippen LogP contribution in [0.2, 0.25) is 18.1 Å². The Hall–Kier alpha value is -0.323. The van der Waals surface area contributed by atoms with Crippen molar-refractivity contribution in [3.05, 3.63) is 22.6 Å². The molecule has 0 aromatic heterocycles. The molecule has 6 atom stereocenters. The lowest BCUT2D eigenvalue weighted by molar-refractivity contribution is -0.111. The predicted molar refractivity (Wildman–Crippen MR) is 131 cm³/mol. The first-order valence-corrected chi connectivity index (χ1v) is 16.2. The molecule has 0 spiro atoms. The topological polar surface area (TPSA) is 26.3 Å². The zero-order chi connectivity index (χ0) is 22.1. The molecule has 0 N–H and O–H groups in total. The Kier molecular flexibility index (Phi) is 5.60. The SMILES string of the molecule is CSC1=C[C@@]2(C)C(=CC1=O)CC[C@H]1[C@@H]3CC[C@H](O[Si](C)(C)C(C)(C)C)[C@@]3(C)CC[C@@H]12. The van der Waals surface area contributed by atoms with Gasteiger partial charge in [-0.2, -0.15) is 0 Å². The van der Waals surface area contributed by atoms with E-state index in [1.807, 2.05) is 12.3 Å². The van der Waals surface area contributed by atoms with Crippen molar-refractivity contribution in [1.29, 1.82) is 0 Å². The van der Waals surface area contributed by atoms with Gasteiger partial charge in [-0.3, -0.25) is 4.79 Å². The summed E-state index contributed by atoms with van der Waals surface area (Å²) in [5.74, 6) is 2.45. The van der Waals surface area contributed by atoms with E-state index in [0.717, 1.165) is 23.2 Å². The Morgan fingerprint density at radius 3 is 2.43 bits per heavy atom. The second-order valence-corrected chi connectivity index (χ2v) is 18.0. The van der Waals surface area contributed by atoms with Gasteiger partial charge in [0.1, 0.15) is 0 Å². The number of hydrogen-bond acceptors (Lipinski definition) is 3. The van der Waals surface area contributed by atoms with E-state index in [2.05, 4.69) is 53.8 Å². The van der Waals surface area contributed by atoms with Crippen LogP contribution in [0.4, 0.5) is 0 Å². The van der Waals surface area contributed by atoms with Gasteiger partial charge in [-0.15, -0.1) is 11.8 Å². The second-order valence-electron chi connectivity index (χ2n) is 12.4. The third-order valence-corrected chi connectivity index (χ3v) is 15.2. The molecule has 0 saturated heterocycles. The lowest BCUT2D eigenvalue weighted by Gasteiger charge is -2.57. The summed E-state index contributed by atoms with van der Waals surface area (Å²) in [6.07, 6.45) is 14.3. The fraction of sp³-hybridized carbons (Fsp3) is 0.808. The molecule has 0 heterocycles. The minimum Gasteiger partial charge on any atom is -0.413 e. The predicted octanol–water partition coefficient (Wildman–Crippen LogP) is 7.38. The molecule has 30 heavy (non-hydrogen) atoms. The van der Waals surface area contributed by atoms with Crippen molar-refractivity contribution in [2.75, 3.05) is 6.26 Å². The summed E-state index contributed by atoms with van der Waals surface area (Å²) < 4.78 is 7.06. The molecule has 4 rings (SSSR count). The summed E-state index contributed by atoms with van der Waals surface area (Å²) in [5, 5.41) is 0.268. The van der Waals surface area contributed by atoms with Gasteiger partial charge in [0.15, 0.2) is 14.1 Å². The van der Waals surface area contributed by atoms with Crippen LogP contribution in [0.3, 0.4) is 0 Å². The maximum Gasteiger partial charge on any atom is 0.192 e. The van der Waals surface area contributed by atoms with Crippen molar-refractivity contribution in [1.82, 2.24) is 0 Å². The monoisotopic (exact) mass is 446 g/mol. The van der Waals surface area contributed by atoms with Gasteiger partial charge in [0.25, 0.3) is 0 Å². The van der Waals surface area contributed by atoms with Crippen LogP contribution in [0.15, 0.2) is 22.6 Å². The number of thioether (sulfide) groups is 1. The quantitative estimate of drug-likeness (QED) is 0.423. The molecular formula is C26H42O2SSi. The highest BCUT2D eigenvalue weighted by Crippen LogP contribution is 2.65. The van der Waals surface area contributed by atoms with E-state index < -0.39 is 8.32 Å². The summed E-state index contributed by atoms with van der Waals surface area (Å²) in [6, 6.07) is 0. The van der Waals surface area contributed by atoms with Gasteiger partial charge in [-0.05, 0) is 92.2 Å². The molecule has 0 aliphatic heterocycles. The number of allylic oxidation sites excluding steroid dienone is 4. The normalized spacial score (nSPS) is 41.5. The van der Waals surface area contributed by atoms with Gasteiger partial charge in [0.05, 0.1) is 11.0 Å². The molecule has 4 aliphatic rings. The van der Waals surface area contributed by atoms with Gasteiger partial charge < -0.3 is 4.43 Å². The number of carbonyl (C=O) groups excluding carboxylic acids is 1. The van der Waals surface area contributed by atoms with Crippen LogP contribution in [0.1, 0.15) is 73.1 Å². The maximum absolute atomic E-state index is 12.5. The third kappa shape index (κ3) is 3.35. The summed E-state index contributed by atoms with van der Waals surface area (Å²) in [6.45, 7) is 16.9. The maximum atomic E-state index is 12.5. The van der Waals surface area contributed by atoms with Crippen LogP contribution in [0.5, 0.6) is 0 Å². The number of hydrogen-bond donors (Lipinski definition) is 0. The van der Waals surface area contributed by atoms with E-state index in [9.17, 15) is 4.79 Å². The van der Waals surface area contributed by atoms with Crippen LogP contribution in [-0.2, 0) is 9.22 Å². The Balaban J connectivity index is 1.61. The average Bonchev–Trinajstić information content (AvgIpc) is 2.97. The summed E-state index contributed by atoms with van der Waals surface area (Å²) in [7, 11) is -1.76. The van der Waals surface area contributed by atoms with Gasteiger partial charge >= 0.3 is 0 Å². The van der Waals surface area contributed by atoms with Gasteiger partial charge in [0.2, 0.25) is 0 Å². The minimum atomic E-state index is -1.76. The molecule has 4 heteroatoms. The first kappa shape index (κ1) is 22.9. The van der Waals surface area contributed by atoms with Crippen LogP contribution < -0.4 is 0 Å². The van der Waals surface area contributed by atoms with E-state index in [1.165, 1.54) is 37.7 Å². The molecular weight excluding hydrogens is 404 g/mol. The fourth-order valence-corrected chi connectivity index (χ4v) is 9.18. The Bertz CT molecular complexity index is 791. The Labute approximate surface area is 189 Å². The van der Waals surface area contributed by atoms with Gasteiger partial charge in [0, 0.05) is 5.41 Å². The van der Waals surface area contributed by atoms with Crippen LogP contribution in [0.25, 0.3) is 0 Å². The van der Waals surface area contributed by atoms with Crippen molar-refractivity contribution in [2.24, 2.45) is 28.6 Å². The molecule has 3 saturated carbocycles. The number of fused-ring (bicyclic) bond motifs is 5. The number of carbonyl (C=O) groups is 1. The molecule has 2 nitrogen and oxygen atoms in total. The molecule has 0 bridgehead atoms. The molecule has 0 aromatic rings. The second kappa shape index (κ2) is 7.35. The standard InChI is InChI=1S/C26H42O2SSi/c1-24(2,3)30(7,8)28-23-12-11-19-18-10-9-17-15-21(27)22(29-6)16-26(17,5)20(18)13-14-25(19,23)4/h15-16,18-20,23H,9-14H2,1-8H3/t18-,19-,20-,23-,25-,26-/m0/s1. The van der Waals surface area contributed by atoms with Gasteiger partial charge in [-0.25, -0.2) is 0 Å². The first-order valence-electron chi connectivity index (χ1n) is 12.0. The first-order chi connectivity index (χ1) is 13.8. The van der Waals surface area contributed by atoms with Crippen molar-refractivity contribution >= 4 is 25.9 Å². The Morgan fingerprint density at radius 2 is 1.80 bits per heavy atom.